The Labute approximate surface area is 244 Å². The Kier molecular flexibility index (Phi) is 7.96. The van der Waals surface area contributed by atoms with Gasteiger partial charge in [-0.05, 0) is 69.0 Å². The molecule has 0 saturated heterocycles. The van der Waals surface area contributed by atoms with Crippen LogP contribution in [-0.4, -0.2) is 30.4 Å². The monoisotopic (exact) mass is 620 g/mol. The van der Waals surface area contributed by atoms with Crippen molar-refractivity contribution in [3.8, 4) is 11.5 Å². The van der Waals surface area contributed by atoms with Gasteiger partial charge in [0.15, 0.2) is 4.80 Å². The minimum atomic E-state index is -0.783. The summed E-state index contributed by atoms with van der Waals surface area (Å²) < 4.78 is 20.0. The fourth-order valence-electron chi connectivity index (χ4n) is 4.92. The van der Waals surface area contributed by atoms with Gasteiger partial charge in [0.25, 0.3) is 5.56 Å². The average Bonchev–Trinajstić information content (AvgIpc) is 3.23. The topological polar surface area (TPSA) is 79.1 Å². The quantitative estimate of drug-likeness (QED) is 0.255. The van der Waals surface area contributed by atoms with Crippen LogP contribution in [0.25, 0.3) is 16.8 Å². The minimum absolute atomic E-state index is 0.254. The van der Waals surface area contributed by atoms with Gasteiger partial charge >= 0.3 is 5.97 Å². The molecule has 0 N–H and O–H groups in total. The van der Waals surface area contributed by atoms with Crippen LogP contribution in [0.4, 0.5) is 0 Å². The molecule has 4 aromatic rings. The van der Waals surface area contributed by atoms with Gasteiger partial charge in [-0.15, -0.1) is 0 Å². The first-order valence-corrected chi connectivity index (χ1v) is 14.6. The van der Waals surface area contributed by atoms with Crippen molar-refractivity contribution in [1.82, 2.24) is 4.57 Å². The van der Waals surface area contributed by atoms with Gasteiger partial charge in [-0.25, -0.2) is 9.79 Å². The van der Waals surface area contributed by atoms with E-state index in [4.69, 9.17) is 19.2 Å². The molecular formula is C31H29BrN2O5S. The molecule has 0 saturated carbocycles. The average molecular weight is 622 g/mol. The highest BCUT2D eigenvalue weighted by atomic mass is 79.9. The Hall–Kier alpha value is -3.69. The first kappa shape index (κ1) is 27.9. The molecule has 40 heavy (non-hydrogen) atoms. The third kappa shape index (κ3) is 5.11. The van der Waals surface area contributed by atoms with E-state index in [1.165, 1.54) is 11.3 Å². The molecule has 2 heterocycles. The van der Waals surface area contributed by atoms with E-state index in [0.717, 1.165) is 26.6 Å². The zero-order chi connectivity index (χ0) is 28.6. The number of aromatic nitrogens is 1. The lowest BCUT2D eigenvalue weighted by molar-refractivity contribution is -0.143. The summed E-state index contributed by atoms with van der Waals surface area (Å²) in [6.07, 6.45) is 1.54. The van der Waals surface area contributed by atoms with Crippen molar-refractivity contribution in [2.24, 2.45) is 4.99 Å². The van der Waals surface area contributed by atoms with E-state index < -0.39 is 12.0 Å². The maximum Gasteiger partial charge on any atom is 0.338 e. The van der Waals surface area contributed by atoms with E-state index >= 15 is 0 Å². The zero-order valence-electron chi connectivity index (χ0n) is 22.9. The maximum atomic E-state index is 14.1. The van der Waals surface area contributed by atoms with Gasteiger partial charge in [0.05, 0.1) is 35.6 Å². The van der Waals surface area contributed by atoms with Crippen LogP contribution in [0.2, 0.25) is 0 Å². The van der Waals surface area contributed by atoms with Crippen molar-refractivity contribution < 1.29 is 19.0 Å². The predicted molar refractivity (Wildman–Crippen MR) is 161 cm³/mol. The normalized spacial score (nSPS) is 15.3. The van der Waals surface area contributed by atoms with Gasteiger partial charge in [-0.3, -0.25) is 9.36 Å². The molecule has 7 nitrogen and oxygen atoms in total. The Bertz CT molecular complexity index is 1840. The number of esters is 1. The van der Waals surface area contributed by atoms with E-state index in [1.54, 1.807) is 32.4 Å². The van der Waals surface area contributed by atoms with Crippen LogP contribution in [0.1, 0.15) is 44.9 Å². The number of hydrogen-bond acceptors (Lipinski definition) is 7. The van der Waals surface area contributed by atoms with Crippen molar-refractivity contribution in [1.29, 1.82) is 0 Å². The number of methoxy groups -OCH3 is 1. The summed E-state index contributed by atoms with van der Waals surface area (Å²) in [4.78, 5) is 32.7. The van der Waals surface area contributed by atoms with Crippen LogP contribution < -0.4 is 24.4 Å². The lowest BCUT2D eigenvalue weighted by Crippen LogP contribution is -2.40. The molecule has 0 amide bonds. The molecule has 0 unspecified atom stereocenters. The number of nitrogens with zero attached hydrogens (tertiary/aromatic N) is 2. The van der Waals surface area contributed by atoms with Crippen LogP contribution in [-0.2, 0) is 9.53 Å². The molecule has 3 aromatic carbocycles. The molecule has 9 heteroatoms. The van der Waals surface area contributed by atoms with Gasteiger partial charge in [-0.1, -0.05) is 57.6 Å². The van der Waals surface area contributed by atoms with Crippen LogP contribution >= 0.6 is 27.3 Å². The van der Waals surface area contributed by atoms with E-state index in [9.17, 15) is 9.59 Å². The van der Waals surface area contributed by atoms with Crippen molar-refractivity contribution in [3.63, 3.8) is 0 Å². The Balaban J connectivity index is 1.76. The summed E-state index contributed by atoms with van der Waals surface area (Å²) in [5, 5.41) is 1.94. The third-order valence-corrected chi connectivity index (χ3v) is 8.05. The van der Waals surface area contributed by atoms with Crippen molar-refractivity contribution >= 4 is 50.1 Å². The maximum absolute atomic E-state index is 14.1. The first-order chi connectivity index (χ1) is 19.2. The van der Waals surface area contributed by atoms with Gasteiger partial charge in [0.2, 0.25) is 0 Å². The number of carbonyl (C=O) groups is 1. The molecule has 206 valence electrons. The summed E-state index contributed by atoms with van der Waals surface area (Å²) in [5.41, 5.74) is 2.08. The summed E-state index contributed by atoms with van der Waals surface area (Å²) in [5.74, 6) is 0.822. The summed E-state index contributed by atoms with van der Waals surface area (Å²) in [6, 6.07) is 16.6. The summed E-state index contributed by atoms with van der Waals surface area (Å²) >= 11 is 4.83. The molecule has 0 spiro atoms. The second-order valence-corrected chi connectivity index (χ2v) is 11.5. The third-order valence-electron chi connectivity index (χ3n) is 6.57. The van der Waals surface area contributed by atoms with E-state index in [1.807, 2.05) is 67.6 Å². The Morgan fingerprint density at radius 3 is 2.55 bits per heavy atom. The fraction of sp³-hybridized carbons (Fsp3) is 0.258. The highest BCUT2D eigenvalue weighted by Gasteiger charge is 2.35. The second-order valence-electron chi connectivity index (χ2n) is 9.55. The number of allylic oxidation sites excluding steroid dienone is 1. The highest BCUT2D eigenvalue weighted by molar-refractivity contribution is 9.10. The molecule has 0 bridgehead atoms. The fourth-order valence-corrected chi connectivity index (χ4v) is 6.33. The summed E-state index contributed by atoms with van der Waals surface area (Å²) in [6.45, 7) is 7.86. The number of ether oxygens (including phenoxy) is 3. The van der Waals surface area contributed by atoms with Crippen LogP contribution in [0, 0.1) is 0 Å². The number of carbonyl (C=O) groups excluding carboxylic acids is 1. The molecule has 0 fully saturated rings. The first-order valence-electron chi connectivity index (χ1n) is 12.9. The van der Waals surface area contributed by atoms with Gasteiger partial charge in [0, 0.05) is 15.4 Å². The van der Waals surface area contributed by atoms with Crippen LogP contribution in [0.5, 0.6) is 11.5 Å². The van der Waals surface area contributed by atoms with Crippen LogP contribution in [0.15, 0.2) is 80.1 Å². The molecule has 1 aromatic heterocycles. The molecule has 1 aliphatic heterocycles. The Morgan fingerprint density at radius 1 is 1.12 bits per heavy atom. The molecule has 1 atom stereocenters. The number of thiazole rings is 1. The largest absolute Gasteiger partial charge is 0.496 e. The second kappa shape index (κ2) is 11.4. The number of halogens is 1. The smallest absolute Gasteiger partial charge is 0.338 e. The van der Waals surface area contributed by atoms with E-state index in [2.05, 4.69) is 15.9 Å². The number of fused-ring (bicyclic) bond motifs is 2. The standard InChI is InChI=1S/C31H29BrN2O5S/c1-6-38-25-13-11-19(21-9-7-8-10-22(21)25)15-26-29(35)34-28(23-16-20(32)12-14-24(23)37-5)27(30(36)39-17(2)3)18(4)33-31(34)40-26/h7-17,28H,6H2,1-5H3/b26-15-/t28-/m1/s1. The van der Waals surface area contributed by atoms with Crippen molar-refractivity contribution in [2.45, 2.75) is 39.8 Å². The minimum Gasteiger partial charge on any atom is -0.496 e. The SMILES string of the molecule is CCOc1ccc(/C=c2\sc3n(c2=O)[C@H](c2cc(Br)ccc2OC)C(C(=O)OC(C)C)=C(C)N=3)c2ccccc12. The molecule has 0 aliphatic carbocycles. The molecular weight excluding hydrogens is 592 g/mol. The number of rotatable bonds is 7. The molecule has 0 radical (unpaired) electrons. The lowest BCUT2D eigenvalue weighted by Gasteiger charge is -2.26. The molecule has 5 rings (SSSR count). The van der Waals surface area contributed by atoms with Crippen LogP contribution in [0.3, 0.4) is 0 Å². The highest BCUT2D eigenvalue weighted by Crippen LogP contribution is 2.37. The predicted octanol–water partition coefficient (Wildman–Crippen LogP) is 5.51. The van der Waals surface area contributed by atoms with Gasteiger partial charge < -0.3 is 14.2 Å². The van der Waals surface area contributed by atoms with E-state index in [-0.39, 0.29) is 11.7 Å². The van der Waals surface area contributed by atoms with Gasteiger partial charge in [-0.2, -0.15) is 0 Å². The molecule has 1 aliphatic rings. The van der Waals surface area contributed by atoms with Crippen molar-refractivity contribution in [2.75, 3.05) is 13.7 Å². The zero-order valence-corrected chi connectivity index (χ0v) is 25.3. The number of hydrogen-bond donors (Lipinski definition) is 0. The summed E-state index contributed by atoms with van der Waals surface area (Å²) in [7, 11) is 1.57. The van der Waals surface area contributed by atoms with Gasteiger partial charge in [0.1, 0.15) is 17.5 Å². The lowest BCUT2D eigenvalue weighted by atomic mass is 9.95. The van der Waals surface area contributed by atoms with E-state index in [0.29, 0.717) is 38.5 Å². The Morgan fingerprint density at radius 2 is 1.85 bits per heavy atom. The van der Waals surface area contributed by atoms with Crippen molar-refractivity contribution in [3.05, 3.63) is 101 Å². The number of benzene rings is 3.